The minimum absolute atomic E-state index is 0.0690. The van der Waals surface area contributed by atoms with Gasteiger partial charge < -0.3 is 24.4 Å². The minimum atomic E-state index is -0.787. The summed E-state index contributed by atoms with van der Waals surface area (Å²) in [6, 6.07) is 29.1. The van der Waals surface area contributed by atoms with Crippen LogP contribution in [0.1, 0.15) is 22.3 Å². The van der Waals surface area contributed by atoms with Gasteiger partial charge in [-0.05, 0) is 52.6 Å². The quantitative estimate of drug-likeness (QED) is 0.212. The van der Waals surface area contributed by atoms with E-state index in [1.807, 2.05) is 78.9 Å². The Morgan fingerprint density at radius 2 is 1.43 bits per heavy atom. The molecule has 7 nitrogen and oxygen atoms in total. The Hall–Kier alpha value is -4.49. The van der Waals surface area contributed by atoms with Crippen LogP contribution in [-0.4, -0.2) is 44.1 Å². The fourth-order valence-electron chi connectivity index (χ4n) is 4.69. The van der Waals surface area contributed by atoms with E-state index in [-0.39, 0.29) is 31.3 Å². The molecule has 1 unspecified atom stereocenters. The number of benzene rings is 4. The maximum atomic E-state index is 14.1. The first-order chi connectivity index (χ1) is 20.4. The summed E-state index contributed by atoms with van der Waals surface area (Å²) in [5.74, 6) is 1.34. The zero-order valence-electron chi connectivity index (χ0n) is 24.0. The van der Waals surface area contributed by atoms with Crippen LogP contribution in [0.3, 0.4) is 0 Å². The number of amides is 2. The molecule has 0 fully saturated rings. The molecule has 0 saturated carbocycles. The lowest BCUT2D eigenvalue weighted by Gasteiger charge is -2.32. The molecule has 1 atom stereocenters. The fourth-order valence-corrected chi connectivity index (χ4v) is 4.89. The van der Waals surface area contributed by atoms with Crippen molar-refractivity contribution in [3.63, 3.8) is 0 Å². The normalized spacial score (nSPS) is 11.3. The van der Waals surface area contributed by atoms with Crippen molar-refractivity contribution in [3.05, 3.63) is 124 Å². The number of hydrogen-bond acceptors (Lipinski definition) is 5. The van der Waals surface area contributed by atoms with Gasteiger partial charge in [-0.1, -0.05) is 78.3 Å². The van der Waals surface area contributed by atoms with E-state index >= 15 is 0 Å². The number of hydrogen-bond donors (Lipinski definition) is 1. The van der Waals surface area contributed by atoms with Crippen molar-refractivity contribution in [2.24, 2.45) is 0 Å². The van der Waals surface area contributed by atoms with Gasteiger partial charge in [0.1, 0.15) is 11.8 Å². The number of methoxy groups -OCH3 is 3. The minimum Gasteiger partial charge on any atom is -0.497 e. The SMILES string of the molecule is COc1ccc(CN(C(=O)Cc2ccc(OC)c(OC)c2)C(Cc2ccccc2)C(=O)NCc2ccccc2Cl)cc1. The Morgan fingerprint density at radius 3 is 2.10 bits per heavy atom. The molecule has 0 heterocycles. The van der Waals surface area contributed by atoms with Crippen LogP contribution in [0, 0.1) is 0 Å². The molecule has 42 heavy (non-hydrogen) atoms. The van der Waals surface area contributed by atoms with Gasteiger partial charge in [0.25, 0.3) is 0 Å². The topological polar surface area (TPSA) is 77.1 Å². The van der Waals surface area contributed by atoms with Gasteiger partial charge in [-0.25, -0.2) is 0 Å². The highest BCUT2D eigenvalue weighted by molar-refractivity contribution is 6.31. The van der Waals surface area contributed by atoms with Crippen molar-refractivity contribution in [2.75, 3.05) is 21.3 Å². The highest BCUT2D eigenvalue weighted by atomic mass is 35.5. The second-order valence-electron chi connectivity index (χ2n) is 9.75. The molecule has 1 N–H and O–H groups in total. The molecule has 4 aromatic carbocycles. The number of carbonyl (C=O) groups excluding carboxylic acids is 2. The maximum Gasteiger partial charge on any atom is 0.243 e. The van der Waals surface area contributed by atoms with Crippen LogP contribution in [0.5, 0.6) is 17.2 Å². The number of ether oxygens (including phenoxy) is 3. The van der Waals surface area contributed by atoms with Gasteiger partial charge in [-0.3, -0.25) is 9.59 Å². The highest BCUT2D eigenvalue weighted by Crippen LogP contribution is 2.28. The maximum absolute atomic E-state index is 14.1. The first kappa shape index (κ1) is 30.5. The zero-order valence-corrected chi connectivity index (χ0v) is 24.8. The van der Waals surface area contributed by atoms with Gasteiger partial charge in [-0.15, -0.1) is 0 Å². The van der Waals surface area contributed by atoms with Crippen molar-refractivity contribution < 1.29 is 23.8 Å². The van der Waals surface area contributed by atoms with Crippen molar-refractivity contribution in [1.82, 2.24) is 10.2 Å². The van der Waals surface area contributed by atoms with Gasteiger partial charge in [0, 0.05) is 24.5 Å². The van der Waals surface area contributed by atoms with E-state index in [0.717, 1.165) is 22.3 Å². The third kappa shape index (κ3) is 8.04. The molecule has 0 aromatic heterocycles. The highest BCUT2D eigenvalue weighted by Gasteiger charge is 2.30. The van der Waals surface area contributed by atoms with E-state index < -0.39 is 6.04 Å². The number of rotatable bonds is 13. The zero-order chi connectivity index (χ0) is 29.9. The molecule has 0 spiro atoms. The summed E-state index contributed by atoms with van der Waals surface area (Å²) in [5.41, 5.74) is 3.35. The van der Waals surface area contributed by atoms with Crippen LogP contribution >= 0.6 is 11.6 Å². The molecule has 8 heteroatoms. The summed E-state index contributed by atoms with van der Waals surface area (Å²) in [4.78, 5) is 29.6. The van der Waals surface area contributed by atoms with E-state index in [1.165, 1.54) is 0 Å². The lowest BCUT2D eigenvalue weighted by Crippen LogP contribution is -2.50. The third-order valence-corrected chi connectivity index (χ3v) is 7.37. The van der Waals surface area contributed by atoms with Crippen LogP contribution < -0.4 is 19.5 Å². The summed E-state index contributed by atoms with van der Waals surface area (Å²) in [7, 11) is 4.72. The molecule has 218 valence electrons. The van der Waals surface area contributed by atoms with E-state index in [4.69, 9.17) is 25.8 Å². The van der Waals surface area contributed by atoms with Crippen LogP contribution in [-0.2, 0) is 35.5 Å². The molecular weight excluding hydrogens is 552 g/mol. The number of nitrogens with one attached hydrogen (secondary N) is 1. The van der Waals surface area contributed by atoms with Crippen LogP contribution in [0.15, 0.2) is 97.1 Å². The number of halogens is 1. The monoisotopic (exact) mass is 586 g/mol. The Kier molecular flexibility index (Phi) is 10.8. The third-order valence-electron chi connectivity index (χ3n) is 7.00. The average molecular weight is 587 g/mol. The standard InChI is InChI=1S/C34H35ClN2O5/c1-40-28-16-13-25(14-17-28)23-37(33(38)21-26-15-18-31(41-2)32(20-26)42-3)30(19-24-9-5-4-6-10-24)34(39)36-22-27-11-7-8-12-29(27)35/h4-18,20,30H,19,21-23H2,1-3H3,(H,36,39). The van der Waals surface area contributed by atoms with E-state index in [0.29, 0.717) is 28.7 Å². The lowest BCUT2D eigenvalue weighted by molar-refractivity contribution is -0.140. The molecule has 0 radical (unpaired) electrons. The van der Waals surface area contributed by atoms with Gasteiger partial charge in [0.05, 0.1) is 27.8 Å². The summed E-state index contributed by atoms with van der Waals surface area (Å²) < 4.78 is 16.1. The molecule has 0 bridgehead atoms. The molecule has 4 rings (SSSR count). The van der Waals surface area contributed by atoms with Crippen LogP contribution in [0.2, 0.25) is 5.02 Å². The van der Waals surface area contributed by atoms with Crippen molar-refractivity contribution in [3.8, 4) is 17.2 Å². The molecule has 0 aliphatic rings. The van der Waals surface area contributed by atoms with Gasteiger partial charge in [-0.2, -0.15) is 0 Å². The van der Waals surface area contributed by atoms with Gasteiger partial charge in [0.15, 0.2) is 11.5 Å². The second kappa shape index (κ2) is 14.9. The van der Waals surface area contributed by atoms with Crippen LogP contribution in [0.4, 0.5) is 0 Å². The molecular formula is C34H35ClN2O5. The number of nitrogens with zero attached hydrogens (tertiary/aromatic N) is 1. The summed E-state index contributed by atoms with van der Waals surface area (Å²) >= 11 is 6.35. The molecule has 0 aliphatic heterocycles. The van der Waals surface area contributed by atoms with Crippen molar-refractivity contribution in [2.45, 2.75) is 32.0 Å². The predicted molar refractivity (Wildman–Crippen MR) is 164 cm³/mol. The van der Waals surface area contributed by atoms with Crippen LogP contribution in [0.25, 0.3) is 0 Å². The Morgan fingerprint density at radius 1 is 0.762 bits per heavy atom. The lowest BCUT2D eigenvalue weighted by atomic mass is 10.0. The summed E-state index contributed by atoms with van der Waals surface area (Å²) in [6.07, 6.45) is 0.405. The van der Waals surface area contributed by atoms with Crippen molar-refractivity contribution >= 4 is 23.4 Å². The van der Waals surface area contributed by atoms with Gasteiger partial charge in [0.2, 0.25) is 11.8 Å². The van der Waals surface area contributed by atoms with E-state index in [9.17, 15) is 9.59 Å². The fraction of sp³-hybridized carbons (Fsp3) is 0.235. The molecule has 0 aliphatic carbocycles. The molecule has 4 aromatic rings. The first-order valence-electron chi connectivity index (χ1n) is 13.6. The smallest absolute Gasteiger partial charge is 0.243 e. The summed E-state index contributed by atoms with van der Waals surface area (Å²) in [5, 5.41) is 3.59. The molecule has 2 amide bonds. The molecule has 0 saturated heterocycles. The summed E-state index contributed by atoms with van der Waals surface area (Å²) in [6.45, 7) is 0.469. The Bertz CT molecular complexity index is 1480. The second-order valence-corrected chi connectivity index (χ2v) is 10.2. The average Bonchev–Trinajstić information content (AvgIpc) is 3.02. The van der Waals surface area contributed by atoms with E-state index in [1.54, 1.807) is 44.4 Å². The van der Waals surface area contributed by atoms with Gasteiger partial charge >= 0.3 is 0 Å². The first-order valence-corrected chi connectivity index (χ1v) is 14.0. The number of carbonyl (C=O) groups is 2. The largest absolute Gasteiger partial charge is 0.497 e. The Labute approximate surface area is 252 Å². The predicted octanol–water partition coefficient (Wildman–Crippen LogP) is 5.86. The van der Waals surface area contributed by atoms with E-state index in [2.05, 4.69) is 5.32 Å². The Balaban J connectivity index is 1.68. The van der Waals surface area contributed by atoms with Crippen molar-refractivity contribution in [1.29, 1.82) is 0 Å².